The molecule has 2 rings (SSSR count). The molecule has 1 aromatic rings. The van der Waals surface area contributed by atoms with Crippen LogP contribution in [0.15, 0.2) is 30.3 Å². The van der Waals surface area contributed by atoms with E-state index in [0.29, 0.717) is 12.5 Å². The topological polar surface area (TPSA) is 39.6 Å². The first-order valence-corrected chi connectivity index (χ1v) is 5.18. The summed E-state index contributed by atoms with van der Waals surface area (Å²) in [6.45, 7) is 2.53. The molecule has 1 saturated heterocycles. The third kappa shape index (κ3) is 2.97. The molecular formula is C12H14N2O. The van der Waals surface area contributed by atoms with Gasteiger partial charge in [-0.25, -0.2) is 0 Å². The van der Waals surface area contributed by atoms with E-state index in [1.807, 2.05) is 18.2 Å². The van der Waals surface area contributed by atoms with Crippen molar-refractivity contribution in [2.75, 3.05) is 24.6 Å². The number of para-hydroxylation sites is 1. The highest BCUT2D eigenvalue weighted by Crippen LogP contribution is 2.18. The average Bonchev–Trinajstić information content (AvgIpc) is 3.09. The van der Waals surface area contributed by atoms with Gasteiger partial charge in [-0.1, -0.05) is 18.2 Å². The Morgan fingerprint density at radius 1 is 1.40 bits per heavy atom. The van der Waals surface area contributed by atoms with Crippen molar-refractivity contribution in [1.82, 2.24) is 0 Å². The Kier molecular flexibility index (Phi) is 3.21. The van der Waals surface area contributed by atoms with Gasteiger partial charge in [0, 0.05) is 18.8 Å². The van der Waals surface area contributed by atoms with Crippen LogP contribution in [0, 0.1) is 11.3 Å². The molecule has 1 atom stereocenters. The molecule has 15 heavy (non-hydrogen) atoms. The summed E-state index contributed by atoms with van der Waals surface area (Å²) < 4.78 is 5.22. The lowest BCUT2D eigenvalue weighted by Crippen LogP contribution is -2.28. The minimum absolute atomic E-state index is 0.365. The summed E-state index contributed by atoms with van der Waals surface area (Å²) in [5.74, 6) is 0. The predicted octanol–water partition coefficient (Wildman–Crippen LogP) is 1.81. The normalized spacial score (nSPS) is 18.2. The first kappa shape index (κ1) is 10.0. The van der Waals surface area contributed by atoms with Crippen LogP contribution in [0.4, 0.5) is 5.69 Å². The molecule has 0 aromatic heterocycles. The summed E-state index contributed by atoms with van der Waals surface area (Å²) in [5.41, 5.74) is 1.17. The van der Waals surface area contributed by atoms with Crippen molar-refractivity contribution in [1.29, 1.82) is 5.26 Å². The number of ether oxygens (including phenoxy) is 1. The number of nitriles is 1. The molecule has 0 aliphatic carbocycles. The van der Waals surface area contributed by atoms with Crippen LogP contribution >= 0.6 is 0 Å². The van der Waals surface area contributed by atoms with Gasteiger partial charge in [0.05, 0.1) is 25.2 Å². The van der Waals surface area contributed by atoms with E-state index in [4.69, 9.17) is 10.00 Å². The Morgan fingerprint density at radius 3 is 2.73 bits per heavy atom. The maximum atomic E-state index is 8.60. The van der Waals surface area contributed by atoms with Crippen LogP contribution in [0.2, 0.25) is 0 Å². The zero-order valence-electron chi connectivity index (χ0n) is 8.60. The van der Waals surface area contributed by atoms with Crippen molar-refractivity contribution in [2.24, 2.45) is 0 Å². The maximum absolute atomic E-state index is 8.60. The molecule has 1 aliphatic heterocycles. The fourth-order valence-electron chi connectivity index (χ4n) is 1.57. The zero-order chi connectivity index (χ0) is 10.5. The number of epoxide rings is 1. The highest BCUT2D eigenvalue weighted by Gasteiger charge is 2.25. The molecule has 3 nitrogen and oxygen atoms in total. The standard InChI is InChI=1S/C12H14N2O/c13-7-4-8-14(9-12-10-15-12)11-5-2-1-3-6-11/h1-3,5-6,12H,4,8-10H2. The minimum Gasteiger partial charge on any atom is -0.371 e. The Hall–Kier alpha value is -1.53. The maximum Gasteiger partial charge on any atom is 0.0984 e. The number of benzene rings is 1. The van der Waals surface area contributed by atoms with Gasteiger partial charge >= 0.3 is 0 Å². The predicted molar refractivity (Wildman–Crippen MR) is 58.6 cm³/mol. The Labute approximate surface area is 89.9 Å². The first-order chi connectivity index (χ1) is 7.40. The molecular weight excluding hydrogens is 188 g/mol. The van der Waals surface area contributed by atoms with E-state index < -0.39 is 0 Å². The molecule has 0 bridgehead atoms. The smallest absolute Gasteiger partial charge is 0.0984 e. The second-order valence-corrected chi connectivity index (χ2v) is 3.65. The third-order valence-corrected chi connectivity index (χ3v) is 2.44. The number of anilines is 1. The fourth-order valence-corrected chi connectivity index (χ4v) is 1.57. The number of hydrogen-bond acceptors (Lipinski definition) is 3. The van der Waals surface area contributed by atoms with E-state index in [0.717, 1.165) is 19.7 Å². The van der Waals surface area contributed by atoms with Gasteiger partial charge in [0.15, 0.2) is 0 Å². The second kappa shape index (κ2) is 4.81. The van der Waals surface area contributed by atoms with Crippen LogP contribution in [-0.2, 0) is 4.74 Å². The molecule has 0 spiro atoms. The molecule has 0 saturated carbocycles. The SMILES string of the molecule is N#CCCN(CC1CO1)c1ccccc1. The molecule has 78 valence electrons. The molecule has 1 aliphatic rings. The van der Waals surface area contributed by atoms with Gasteiger partial charge < -0.3 is 9.64 Å². The summed E-state index contributed by atoms with van der Waals surface area (Å²) >= 11 is 0. The number of nitrogens with zero attached hydrogens (tertiary/aromatic N) is 2. The minimum atomic E-state index is 0.365. The van der Waals surface area contributed by atoms with Crippen molar-refractivity contribution in [3.63, 3.8) is 0 Å². The summed E-state index contributed by atoms with van der Waals surface area (Å²) in [7, 11) is 0. The number of rotatable bonds is 5. The van der Waals surface area contributed by atoms with E-state index in [1.54, 1.807) is 0 Å². The van der Waals surface area contributed by atoms with E-state index >= 15 is 0 Å². The highest BCUT2D eigenvalue weighted by atomic mass is 16.6. The number of hydrogen-bond donors (Lipinski definition) is 0. The summed E-state index contributed by atoms with van der Waals surface area (Å²) in [6.07, 6.45) is 0.922. The summed E-state index contributed by atoms with van der Waals surface area (Å²) in [6, 6.07) is 12.3. The van der Waals surface area contributed by atoms with Gasteiger partial charge in [0.25, 0.3) is 0 Å². The van der Waals surface area contributed by atoms with Gasteiger partial charge in [-0.3, -0.25) is 0 Å². The van der Waals surface area contributed by atoms with Gasteiger partial charge in [-0.05, 0) is 12.1 Å². The molecule has 1 aromatic carbocycles. The Balaban J connectivity index is 2.00. The van der Waals surface area contributed by atoms with Gasteiger partial charge in [0.1, 0.15) is 0 Å². The quantitative estimate of drug-likeness (QED) is 0.683. The van der Waals surface area contributed by atoms with Gasteiger partial charge in [-0.15, -0.1) is 0 Å². The molecule has 3 heteroatoms. The summed E-state index contributed by atoms with van der Waals surface area (Å²) in [4.78, 5) is 2.21. The van der Waals surface area contributed by atoms with Crippen molar-refractivity contribution < 1.29 is 4.74 Å². The molecule has 1 unspecified atom stereocenters. The van der Waals surface area contributed by atoms with Crippen LogP contribution in [0.3, 0.4) is 0 Å². The van der Waals surface area contributed by atoms with Crippen LogP contribution < -0.4 is 4.90 Å². The second-order valence-electron chi connectivity index (χ2n) is 3.65. The van der Waals surface area contributed by atoms with Crippen LogP contribution in [0.1, 0.15) is 6.42 Å². The van der Waals surface area contributed by atoms with Crippen molar-refractivity contribution >= 4 is 5.69 Å². The Bertz CT molecular complexity index is 340. The molecule has 1 fully saturated rings. The van der Waals surface area contributed by atoms with Crippen LogP contribution in [0.25, 0.3) is 0 Å². The van der Waals surface area contributed by atoms with Crippen LogP contribution in [-0.4, -0.2) is 25.8 Å². The molecule has 0 amide bonds. The first-order valence-electron chi connectivity index (χ1n) is 5.18. The monoisotopic (exact) mass is 202 g/mol. The van der Waals surface area contributed by atoms with Gasteiger partial charge in [-0.2, -0.15) is 5.26 Å². The van der Waals surface area contributed by atoms with E-state index in [1.165, 1.54) is 5.69 Å². The van der Waals surface area contributed by atoms with Crippen molar-refractivity contribution in [3.05, 3.63) is 30.3 Å². The molecule has 1 heterocycles. The highest BCUT2D eigenvalue weighted by molar-refractivity contribution is 5.46. The van der Waals surface area contributed by atoms with Crippen LogP contribution in [0.5, 0.6) is 0 Å². The van der Waals surface area contributed by atoms with E-state index in [9.17, 15) is 0 Å². The lowest BCUT2D eigenvalue weighted by Gasteiger charge is -2.22. The summed E-state index contributed by atoms with van der Waals surface area (Å²) in [5, 5.41) is 8.60. The van der Waals surface area contributed by atoms with E-state index in [-0.39, 0.29) is 0 Å². The van der Waals surface area contributed by atoms with Crippen molar-refractivity contribution in [3.8, 4) is 6.07 Å². The third-order valence-electron chi connectivity index (χ3n) is 2.44. The van der Waals surface area contributed by atoms with E-state index in [2.05, 4.69) is 23.1 Å². The zero-order valence-corrected chi connectivity index (χ0v) is 8.60. The molecule has 0 radical (unpaired) electrons. The lowest BCUT2D eigenvalue weighted by atomic mass is 10.2. The average molecular weight is 202 g/mol. The van der Waals surface area contributed by atoms with Gasteiger partial charge in [0.2, 0.25) is 0 Å². The van der Waals surface area contributed by atoms with Crippen molar-refractivity contribution in [2.45, 2.75) is 12.5 Å². The largest absolute Gasteiger partial charge is 0.371 e. The fraction of sp³-hybridized carbons (Fsp3) is 0.417. The Morgan fingerprint density at radius 2 is 2.13 bits per heavy atom. The lowest BCUT2D eigenvalue weighted by molar-refractivity contribution is 0.407. The molecule has 0 N–H and O–H groups in total.